The molecule has 3 rings (SSSR count). The van der Waals surface area contributed by atoms with E-state index in [-0.39, 0.29) is 16.8 Å². The van der Waals surface area contributed by atoms with E-state index >= 15 is 0 Å². The maximum absolute atomic E-state index is 12.5. The van der Waals surface area contributed by atoms with Crippen molar-refractivity contribution in [1.82, 2.24) is 34.5 Å². The number of anilines is 1. The Bertz CT molecular complexity index is 905. The summed E-state index contributed by atoms with van der Waals surface area (Å²) in [5.74, 6) is 0.175. The average molecular weight is 350 g/mol. The molecule has 0 saturated heterocycles. The van der Waals surface area contributed by atoms with Gasteiger partial charge in [-0.15, -0.1) is 0 Å². The predicted octanol–water partition coefficient (Wildman–Crippen LogP) is -0.299. The van der Waals surface area contributed by atoms with Crippen molar-refractivity contribution >= 4 is 16.0 Å². The van der Waals surface area contributed by atoms with Crippen molar-refractivity contribution in [3.63, 3.8) is 0 Å². The van der Waals surface area contributed by atoms with Gasteiger partial charge in [-0.1, -0.05) is 0 Å². The molecule has 0 amide bonds. The van der Waals surface area contributed by atoms with Gasteiger partial charge in [0.15, 0.2) is 0 Å². The third-order valence-corrected chi connectivity index (χ3v) is 4.24. The number of ether oxygens (including phenoxy) is 1. The molecule has 0 aliphatic heterocycles. The summed E-state index contributed by atoms with van der Waals surface area (Å²) in [6.07, 6.45) is 6.89. The van der Waals surface area contributed by atoms with E-state index in [2.05, 4.69) is 29.9 Å². The van der Waals surface area contributed by atoms with E-state index in [0.717, 1.165) is 0 Å². The number of nitrogens with one attached hydrogen (secondary N) is 1. The van der Waals surface area contributed by atoms with Gasteiger partial charge in [-0.2, -0.15) is 19.9 Å². The van der Waals surface area contributed by atoms with Crippen LogP contribution in [-0.2, 0) is 21.3 Å². The van der Waals surface area contributed by atoms with E-state index in [0.29, 0.717) is 13.2 Å². The smallest absolute Gasteiger partial charge is 0.267 e. The van der Waals surface area contributed by atoms with Gasteiger partial charge in [-0.05, 0) is 6.07 Å². The monoisotopic (exact) mass is 350 g/mol. The van der Waals surface area contributed by atoms with Crippen LogP contribution in [0.5, 0.6) is 0 Å². The van der Waals surface area contributed by atoms with E-state index in [1.807, 2.05) is 0 Å². The van der Waals surface area contributed by atoms with E-state index in [9.17, 15) is 8.42 Å². The first-order valence-electron chi connectivity index (χ1n) is 6.82. The first-order valence-corrected chi connectivity index (χ1v) is 8.30. The van der Waals surface area contributed by atoms with Crippen LogP contribution in [0.4, 0.5) is 5.95 Å². The van der Waals surface area contributed by atoms with Crippen molar-refractivity contribution in [2.75, 3.05) is 18.4 Å². The Kier molecular flexibility index (Phi) is 4.48. The molecule has 0 fully saturated rings. The van der Waals surface area contributed by atoms with Crippen molar-refractivity contribution in [2.24, 2.45) is 0 Å². The minimum absolute atomic E-state index is 0.00198. The Labute approximate surface area is 137 Å². The lowest BCUT2D eigenvalue weighted by molar-refractivity contribution is 0.183. The van der Waals surface area contributed by atoms with Crippen molar-refractivity contribution in [2.45, 2.75) is 11.4 Å². The Morgan fingerprint density at radius 1 is 1.21 bits per heavy atom. The topological polar surface area (TPSA) is 130 Å². The fourth-order valence-corrected chi connectivity index (χ4v) is 2.77. The number of hydrogen-bond acceptors (Lipinski definition) is 8. The zero-order chi connectivity index (χ0) is 17.0. The molecule has 0 aromatic carbocycles. The van der Waals surface area contributed by atoms with Crippen LogP contribution >= 0.6 is 0 Å². The number of methoxy groups -OCH3 is 1. The summed E-state index contributed by atoms with van der Waals surface area (Å²) in [5.41, 5.74) is 0. The third-order valence-electron chi connectivity index (χ3n) is 2.96. The van der Waals surface area contributed by atoms with Crippen molar-refractivity contribution in [3.8, 4) is 5.95 Å². The maximum atomic E-state index is 12.5. The highest BCUT2D eigenvalue weighted by Gasteiger charge is 2.20. The molecule has 0 radical (unpaired) electrons. The summed E-state index contributed by atoms with van der Waals surface area (Å²) in [5, 5.41) is 7.91. The number of rotatable bonds is 7. The fraction of sp³-hybridized carbons (Fsp3) is 0.250. The number of aromatic nitrogens is 7. The molecule has 3 heterocycles. The van der Waals surface area contributed by atoms with E-state index in [4.69, 9.17) is 4.74 Å². The molecule has 11 nitrogen and oxygen atoms in total. The molecule has 24 heavy (non-hydrogen) atoms. The van der Waals surface area contributed by atoms with Gasteiger partial charge in [-0.25, -0.2) is 23.1 Å². The molecule has 1 N–H and O–H groups in total. The SMILES string of the molecule is COCCn1cc(S(=O)(=O)Nc2ncnn2-c2ncccn2)cn1. The molecular weight excluding hydrogens is 336 g/mol. The van der Waals surface area contributed by atoms with Crippen LogP contribution < -0.4 is 4.72 Å². The molecule has 0 aliphatic carbocycles. The highest BCUT2D eigenvalue weighted by atomic mass is 32.2. The van der Waals surface area contributed by atoms with Gasteiger partial charge < -0.3 is 4.74 Å². The van der Waals surface area contributed by atoms with Crippen LogP contribution in [-0.4, -0.2) is 56.6 Å². The molecule has 0 saturated carbocycles. The average Bonchev–Trinajstić information content (AvgIpc) is 3.23. The molecule has 3 aromatic rings. The van der Waals surface area contributed by atoms with Gasteiger partial charge in [-0.3, -0.25) is 4.68 Å². The zero-order valence-corrected chi connectivity index (χ0v) is 13.5. The maximum Gasteiger partial charge on any atom is 0.267 e. The first-order chi connectivity index (χ1) is 11.6. The summed E-state index contributed by atoms with van der Waals surface area (Å²) in [7, 11) is -2.31. The molecule has 12 heteroatoms. The summed E-state index contributed by atoms with van der Waals surface area (Å²) in [6.45, 7) is 0.869. The normalized spacial score (nSPS) is 11.5. The van der Waals surface area contributed by atoms with Crippen molar-refractivity contribution < 1.29 is 13.2 Å². The van der Waals surface area contributed by atoms with Crippen LogP contribution in [0, 0.1) is 0 Å². The lowest BCUT2D eigenvalue weighted by Crippen LogP contribution is -2.17. The summed E-state index contributed by atoms with van der Waals surface area (Å²) >= 11 is 0. The second-order valence-electron chi connectivity index (χ2n) is 4.58. The standard InChI is InChI=1S/C12H14N8O3S/c1-23-6-5-19-8-10(7-16-19)24(21,22)18-12-15-9-17-20(12)11-13-3-2-4-14-11/h2-4,7-9H,5-6H2,1H3,(H,15,17,18). The highest BCUT2D eigenvalue weighted by Crippen LogP contribution is 2.14. The summed E-state index contributed by atoms with van der Waals surface area (Å²) in [4.78, 5) is 11.9. The quantitative estimate of drug-likeness (QED) is 0.615. The van der Waals surface area contributed by atoms with Gasteiger partial charge in [0.2, 0.25) is 5.95 Å². The van der Waals surface area contributed by atoms with Crippen LogP contribution in [0.1, 0.15) is 0 Å². The summed E-state index contributed by atoms with van der Waals surface area (Å²) in [6, 6.07) is 1.64. The van der Waals surface area contributed by atoms with E-state index in [1.165, 1.54) is 40.5 Å². The van der Waals surface area contributed by atoms with Gasteiger partial charge in [0, 0.05) is 25.7 Å². The molecule has 0 unspecified atom stereocenters. The van der Waals surface area contributed by atoms with Crippen LogP contribution in [0.3, 0.4) is 0 Å². The Morgan fingerprint density at radius 3 is 2.75 bits per heavy atom. The zero-order valence-electron chi connectivity index (χ0n) is 12.6. The number of nitrogens with zero attached hydrogens (tertiary/aromatic N) is 7. The lowest BCUT2D eigenvalue weighted by atomic mass is 10.7. The minimum Gasteiger partial charge on any atom is -0.383 e. The largest absolute Gasteiger partial charge is 0.383 e. The van der Waals surface area contributed by atoms with E-state index < -0.39 is 10.0 Å². The first kappa shape index (κ1) is 16.0. The van der Waals surface area contributed by atoms with E-state index in [1.54, 1.807) is 13.2 Å². The summed E-state index contributed by atoms with van der Waals surface area (Å²) < 4.78 is 34.8. The highest BCUT2D eigenvalue weighted by molar-refractivity contribution is 7.92. The molecule has 3 aromatic heterocycles. The molecular formula is C12H14N8O3S. The lowest BCUT2D eigenvalue weighted by Gasteiger charge is -2.06. The van der Waals surface area contributed by atoms with Crippen LogP contribution in [0.25, 0.3) is 5.95 Å². The van der Waals surface area contributed by atoms with Gasteiger partial charge >= 0.3 is 0 Å². The molecule has 0 spiro atoms. The van der Waals surface area contributed by atoms with Gasteiger partial charge in [0.1, 0.15) is 11.2 Å². The molecule has 126 valence electrons. The number of hydrogen-bond donors (Lipinski definition) is 1. The second-order valence-corrected chi connectivity index (χ2v) is 6.26. The van der Waals surface area contributed by atoms with Gasteiger partial charge in [0.05, 0.1) is 19.3 Å². The second kappa shape index (κ2) is 6.72. The Morgan fingerprint density at radius 2 is 2.00 bits per heavy atom. The van der Waals surface area contributed by atoms with Crippen molar-refractivity contribution in [3.05, 3.63) is 37.2 Å². The van der Waals surface area contributed by atoms with Crippen LogP contribution in [0.2, 0.25) is 0 Å². The Hall–Kier alpha value is -2.86. The number of sulfonamides is 1. The third kappa shape index (κ3) is 3.38. The molecule has 0 atom stereocenters. The minimum atomic E-state index is -3.87. The van der Waals surface area contributed by atoms with Gasteiger partial charge in [0.25, 0.3) is 16.0 Å². The fourth-order valence-electron chi connectivity index (χ4n) is 1.83. The van der Waals surface area contributed by atoms with Crippen LogP contribution in [0.15, 0.2) is 42.1 Å². The predicted molar refractivity (Wildman–Crippen MR) is 81.9 cm³/mol. The Balaban J connectivity index is 1.83. The molecule has 0 aliphatic rings. The van der Waals surface area contributed by atoms with Crippen molar-refractivity contribution in [1.29, 1.82) is 0 Å². The molecule has 0 bridgehead atoms.